The van der Waals surface area contributed by atoms with E-state index in [-0.39, 0.29) is 6.04 Å². The van der Waals surface area contributed by atoms with Crippen molar-refractivity contribution in [3.05, 3.63) is 29.6 Å². The zero-order valence-electron chi connectivity index (χ0n) is 11.4. The molecule has 0 spiro atoms. The number of carbonyl (C=O) groups is 2. The van der Waals surface area contributed by atoms with Crippen LogP contribution >= 0.6 is 0 Å². The highest BCUT2D eigenvalue weighted by Crippen LogP contribution is 2.35. The number of amides is 2. The molecule has 1 aliphatic rings. The summed E-state index contributed by atoms with van der Waals surface area (Å²) in [5.41, 5.74) is 1.30. The molecule has 108 valence electrons. The number of methoxy groups -OCH3 is 1. The van der Waals surface area contributed by atoms with Crippen LogP contribution in [0.15, 0.2) is 18.2 Å². The van der Waals surface area contributed by atoms with Gasteiger partial charge in [0.1, 0.15) is 5.82 Å². The monoisotopic (exact) mass is 280 g/mol. The summed E-state index contributed by atoms with van der Waals surface area (Å²) in [4.78, 5) is 23.3. The molecule has 2 N–H and O–H groups in total. The number of hydrogen-bond acceptors (Lipinski definition) is 4. The molecule has 1 heterocycles. The van der Waals surface area contributed by atoms with Gasteiger partial charge in [-0.05, 0) is 36.6 Å². The third-order valence-electron chi connectivity index (χ3n) is 3.49. The van der Waals surface area contributed by atoms with Crippen molar-refractivity contribution in [1.82, 2.24) is 5.32 Å². The van der Waals surface area contributed by atoms with E-state index in [1.165, 1.54) is 19.2 Å². The lowest BCUT2D eigenvalue weighted by Gasteiger charge is -2.31. The zero-order valence-corrected chi connectivity index (χ0v) is 11.4. The molecule has 2 atom stereocenters. The minimum Gasteiger partial charge on any atom is -0.453 e. The van der Waals surface area contributed by atoms with Crippen molar-refractivity contribution in [2.45, 2.75) is 31.7 Å². The number of anilines is 1. The lowest BCUT2D eigenvalue weighted by atomic mass is 9.85. The molecular formula is C14H17FN2O3. The lowest BCUT2D eigenvalue weighted by Crippen LogP contribution is -2.39. The molecule has 0 radical (unpaired) electrons. The van der Waals surface area contributed by atoms with Gasteiger partial charge < -0.3 is 10.1 Å². The van der Waals surface area contributed by atoms with E-state index in [0.29, 0.717) is 12.0 Å². The molecule has 0 saturated heterocycles. The predicted octanol–water partition coefficient (Wildman–Crippen LogP) is 2.39. The first-order valence-corrected chi connectivity index (χ1v) is 6.50. The van der Waals surface area contributed by atoms with Gasteiger partial charge >= 0.3 is 6.09 Å². The fourth-order valence-electron chi connectivity index (χ4n) is 2.40. The van der Waals surface area contributed by atoms with Crippen LogP contribution in [0, 0.1) is 5.82 Å². The normalized spacial score (nSPS) is 20.6. The number of benzene rings is 1. The molecule has 6 heteroatoms. The number of imide groups is 1. The van der Waals surface area contributed by atoms with Gasteiger partial charge in [0, 0.05) is 11.7 Å². The van der Waals surface area contributed by atoms with E-state index in [0.717, 1.165) is 12.1 Å². The van der Waals surface area contributed by atoms with Crippen LogP contribution < -0.4 is 10.6 Å². The Morgan fingerprint density at radius 3 is 2.90 bits per heavy atom. The second kappa shape index (κ2) is 5.90. The van der Waals surface area contributed by atoms with Gasteiger partial charge in [-0.15, -0.1) is 0 Å². The van der Waals surface area contributed by atoms with Crippen LogP contribution in [0.4, 0.5) is 14.9 Å². The molecule has 1 aromatic rings. The summed E-state index contributed by atoms with van der Waals surface area (Å²) >= 11 is 0. The Morgan fingerprint density at radius 2 is 2.25 bits per heavy atom. The van der Waals surface area contributed by atoms with Crippen molar-refractivity contribution in [3.8, 4) is 0 Å². The summed E-state index contributed by atoms with van der Waals surface area (Å²) in [5, 5.41) is 5.42. The van der Waals surface area contributed by atoms with E-state index in [1.807, 2.05) is 6.92 Å². The molecule has 1 aromatic carbocycles. The Hall–Kier alpha value is -2.11. The number of halogens is 1. The Bertz CT molecular complexity index is 533. The summed E-state index contributed by atoms with van der Waals surface area (Å²) in [5.74, 6) is -1.44. The topological polar surface area (TPSA) is 67.4 Å². The first-order chi connectivity index (χ1) is 9.55. The van der Waals surface area contributed by atoms with Gasteiger partial charge in [0.15, 0.2) is 0 Å². The molecular weight excluding hydrogens is 263 g/mol. The van der Waals surface area contributed by atoms with E-state index >= 15 is 0 Å². The van der Waals surface area contributed by atoms with Gasteiger partial charge in [-0.3, -0.25) is 10.1 Å². The third kappa shape index (κ3) is 2.89. The summed E-state index contributed by atoms with van der Waals surface area (Å²) in [6.07, 6.45) is 0.536. The molecule has 0 saturated carbocycles. The number of rotatable bonds is 2. The molecule has 2 rings (SSSR count). The summed E-state index contributed by atoms with van der Waals surface area (Å²) < 4.78 is 17.8. The molecule has 0 unspecified atom stereocenters. The maximum absolute atomic E-state index is 13.4. The third-order valence-corrected chi connectivity index (χ3v) is 3.49. The minimum absolute atomic E-state index is 0.112. The van der Waals surface area contributed by atoms with Crippen LogP contribution in [0.5, 0.6) is 0 Å². The van der Waals surface area contributed by atoms with E-state index in [2.05, 4.69) is 15.4 Å². The van der Waals surface area contributed by atoms with Gasteiger partial charge in [-0.2, -0.15) is 0 Å². The molecule has 2 amide bonds. The van der Waals surface area contributed by atoms with E-state index in [4.69, 9.17) is 0 Å². The molecule has 5 nitrogen and oxygen atoms in total. The smallest absolute Gasteiger partial charge is 0.413 e. The fourth-order valence-corrected chi connectivity index (χ4v) is 2.40. The standard InChI is InChI=1S/C14H17FN2O3/c1-3-9-7-11(13(18)17-14(19)20-2)10-6-8(15)4-5-12(10)16-9/h4-6,9,11,16H,3,7H2,1-2H3,(H,17,18,19)/t9-,11+/m0/s1. The summed E-state index contributed by atoms with van der Waals surface area (Å²) in [7, 11) is 1.19. The van der Waals surface area contributed by atoms with E-state index in [1.54, 1.807) is 6.07 Å². The number of alkyl carbamates (subject to hydrolysis) is 1. The molecule has 20 heavy (non-hydrogen) atoms. The molecule has 0 bridgehead atoms. The minimum atomic E-state index is -0.806. The fraction of sp³-hybridized carbons (Fsp3) is 0.429. The van der Waals surface area contributed by atoms with Gasteiger partial charge in [-0.25, -0.2) is 9.18 Å². The lowest BCUT2D eigenvalue weighted by molar-refractivity contribution is -0.122. The molecule has 0 aromatic heterocycles. The van der Waals surface area contributed by atoms with Crippen molar-refractivity contribution in [2.75, 3.05) is 12.4 Å². The van der Waals surface area contributed by atoms with Crippen molar-refractivity contribution in [2.24, 2.45) is 0 Å². The Labute approximate surface area is 116 Å². The number of hydrogen-bond donors (Lipinski definition) is 2. The highest BCUT2D eigenvalue weighted by molar-refractivity contribution is 5.96. The van der Waals surface area contributed by atoms with E-state index < -0.39 is 23.7 Å². The highest BCUT2D eigenvalue weighted by Gasteiger charge is 2.32. The van der Waals surface area contributed by atoms with Crippen LogP contribution in [0.1, 0.15) is 31.2 Å². The SMILES string of the molecule is CC[C@H]1C[C@@H](C(=O)NC(=O)OC)c2cc(F)ccc2N1. The van der Waals surface area contributed by atoms with E-state index in [9.17, 15) is 14.0 Å². The van der Waals surface area contributed by atoms with Gasteiger partial charge in [-0.1, -0.05) is 6.92 Å². The predicted molar refractivity (Wildman–Crippen MR) is 72.0 cm³/mol. The average molecular weight is 280 g/mol. The average Bonchev–Trinajstić information content (AvgIpc) is 2.45. The number of carbonyl (C=O) groups excluding carboxylic acids is 2. The van der Waals surface area contributed by atoms with Crippen molar-refractivity contribution in [3.63, 3.8) is 0 Å². The molecule has 0 fully saturated rings. The summed E-state index contributed by atoms with van der Waals surface area (Å²) in [6.45, 7) is 2.00. The second-order valence-corrected chi connectivity index (χ2v) is 4.75. The molecule has 1 aliphatic heterocycles. The first-order valence-electron chi connectivity index (χ1n) is 6.50. The Kier molecular flexibility index (Phi) is 4.22. The highest BCUT2D eigenvalue weighted by atomic mass is 19.1. The van der Waals surface area contributed by atoms with Gasteiger partial charge in [0.05, 0.1) is 13.0 Å². The zero-order chi connectivity index (χ0) is 14.7. The first kappa shape index (κ1) is 14.3. The van der Waals surface area contributed by atoms with Crippen LogP contribution in [-0.2, 0) is 9.53 Å². The van der Waals surface area contributed by atoms with Crippen molar-refractivity contribution in [1.29, 1.82) is 0 Å². The number of nitrogens with one attached hydrogen (secondary N) is 2. The van der Waals surface area contributed by atoms with Crippen molar-refractivity contribution >= 4 is 17.7 Å². The maximum Gasteiger partial charge on any atom is 0.413 e. The largest absolute Gasteiger partial charge is 0.453 e. The number of ether oxygens (including phenoxy) is 1. The summed E-state index contributed by atoms with van der Waals surface area (Å²) in [6, 6.07) is 4.40. The van der Waals surface area contributed by atoms with Gasteiger partial charge in [0.25, 0.3) is 0 Å². The second-order valence-electron chi connectivity index (χ2n) is 4.75. The Morgan fingerprint density at radius 1 is 1.50 bits per heavy atom. The molecule has 0 aliphatic carbocycles. The quantitative estimate of drug-likeness (QED) is 0.873. The Balaban J connectivity index is 2.30. The number of fused-ring (bicyclic) bond motifs is 1. The maximum atomic E-state index is 13.4. The van der Waals surface area contributed by atoms with Crippen LogP contribution in [0.25, 0.3) is 0 Å². The van der Waals surface area contributed by atoms with Crippen LogP contribution in [0.3, 0.4) is 0 Å². The van der Waals surface area contributed by atoms with Crippen molar-refractivity contribution < 1.29 is 18.7 Å². The van der Waals surface area contributed by atoms with Gasteiger partial charge in [0.2, 0.25) is 5.91 Å². The van der Waals surface area contributed by atoms with Crippen LogP contribution in [0.2, 0.25) is 0 Å². The van der Waals surface area contributed by atoms with Crippen LogP contribution in [-0.4, -0.2) is 25.2 Å².